The van der Waals surface area contributed by atoms with Gasteiger partial charge in [-0.15, -0.1) is 0 Å². The molecule has 0 aliphatic carbocycles. The summed E-state index contributed by atoms with van der Waals surface area (Å²) in [4.78, 5) is 27.2. The Morgan fingerprint density at radius 3 is 2.50 bits per heavy atom. The second kappa shape index (κ2) is 8.56. The summed E-state index contributed by atoms with van der Waals surface area (Å²) in [6.45, 7) is 3.18. The lowest BCUT2D eigenvalue weighted by Gasteiger charge is -2.26. The Kier molecular flexibility index (Phi) is 6.67. The summed E-state index contributed by atoms with van der Waals surface area (Å²) in [5.74, 6) is -1.46. The van der Waals surface area contributed by atoms with Gasteiger partial charge in [0.05, 0.1) is 5.92 Å². The maximum atomic E-state index is 12.8. The van der Waals surface area contributed by atoms with E-state index < -0.39 is 24.5 Å². The molecule has 1 aliphatic rings. The SMILES string of the molecule is CCCCN(CC(F)(F)F)C(=O)C1CC(=O)N(Cc2ccc(C)cc2)C1. The van der Waals surface area contributed by atoms with Crippen LogP contribution in [0.1, 0.15) is 37.3 Å². The number of carbonyl (C=O) groups is 2. The van der Waals surface area contributed by atoms with Crippen LogP contribution in [-0.2, 0) is 16.1 Å². The minimum Gasteiger partial charge on any atom is -0.338 e. The molecule has 2 rings (SSSR count). The largest absolute Gasteiger partial charge is 0.406 e. The number of halogens is 3. The average Bonchev–Trinajstić information content (AvgIpc) is 2.92. The summed E-state index contributed by atoms with van der Waals surface area (Å²) >= 11 is 0. The summed E-state index contributed by atoms with van der Waals surface area (Å²) in [5, 5.41) is 0. The monoisotopic (exact) mass is 370 g/mol. The van der Waals surface area contributed by atoms with Gasteiger partial charge in [-0.3, -0.25) is 9.59 Å². The molecule has 144 valence electrons. The summed E-state index contributed by atoms with van der Waals surface area (Å²) in [6.07, 6.45) is -3.25. The molecule has 1 fully saturated rings. The van der Waals surface area contributed by atoms with Gasteiger partial charge in [0.1, 0.15) is 6.54 Å². The van der Waals surface area contributed by atoms with Gasteiger partial charge in [0.2, 0.25) is 11.8 Å². The molecule has 7 heteroatoms. The van der Waals surface area contributed by atoms with Gasteiger partial charge in [0.15, 0.2) is 0 Å². The third-order valence-electron chi connectivity index (χ3n) is 4.52. The van der Waals surface area contributed by atoms with Crippen LogP contribution in [0.2, 0.25) is 0 Å². The second-order valence-corrected chi connectivity index (χ2v) is 6.89. The molecule has 1 aromatic carbocycles. The Labute approximate surface area is 152 Å². The van der Waals surface area contributed by atoms with Crippen molar-refractivity contribution >= 4 is 11.8 Å². The lowest BCUT2D eigenvalue weighted by molar-refractivity contribution is -0.163. The number of nitrogens with zero attached hydrogens (tertiary/aromatic N) is 2. The van der Waals surface area contributed by atoms with Crippen LogP contribution in [0.3, 0.4) is 0 Å². The highest BCUT2D eigenvalue weighted by atomic mass is 19.4. The highest BCUT2D eigenvalue weighted by Gasteiger charge is 2.39. The molecule has 0 aromatic heterocycles. The average molecular weight is 370 g/mol. The Bertz CT molecular complexity index is 629. The van der Waals surface area contributed by atoms with Crippen LogP contribution < -0.4 is 0 Å². The lowest BCUT2D eigenvalue weighted by atomic mass is 10.1. The topological polar surface area (TPSA) is 40.6 Å². The van der Waals surface area contributed by atoms with Gasteiger partial charge in [0, 0.05) is 26.1 Å². The van der Waals surface area contributed by atoms with Crippen molar-refractivity contribution in [2.75, 3.05) is 19.6 Å². The Hall–Kier alpha value is -2.05. The zero-order valence-electron chi connectivity index (χ0n) is 15.2. The van der Waals surface area contributed by atoms with Gasteiger partial charge < -0.3 is 9.80 Å². The van der Waals surface area contributed by atoms with Crippen molar-refractivity contribution in [3.05, 3.63) is 35.4 Å². The number of alkyl halides is 3. The standard InChI is InChI=1S/C19H25F3N2O2/c1-3-4-9-23(13-19(20,21)22)18(26)16-10-17(25)24(12-16)11-15-7-5-14(2)6-8-15/h5-8,16H,3-4,9-13H2,1-2H3. The molecular weight excluding hydrogens is 345 g/mol. The van der Waals surface area contributed by atoms with E-state index in [0.717, 1.165) is 16.0 Å². The van der Waals surface area contributed by atoms with Gasteiger partial charge in [-0.1, -0.05) is 43.2 Å². The third kappa shape index (κ3) is 5.75. The number of amides is 2. The van der Waals surface area contributed by atoms with Crippen LogP contribution in [0.25, 0.3) is 0 Å². The molecule has 2 amide bonds. The first-order valence-electron chi connectivity index (χ1n) is 8.88. The van der Waals surface area contributed by atoms with E-state index in [1.165, 1.54) is 0 Å². The first-order valence-corrected chi connectivity index (χ1v) is 8.88. The van der Waals surface area contributed by atoms with Crippen molar-refractivity contribution in [1.82, 2.24) is 9.80 Å². The lowest BCUT2D eigenvalue weighted by Crippen LogP contribution is -2.43. The quantitative estimate of drug-likeness (QED) is 0.737. The van der Waals surface area contributed by atoms with Crippen LogP contribution in [0, 0.1) is 12.8 Å². The van der Waals surface area contributed by atoms with Crippen LogP contribution in [-0.4, -0.2) is 47.4 Å². The molecule has 4 nitrogen and oxygen atoms in total. The Morgan fingerprint density at radius 1 is 1.27 bits per heavy atom. The van der Waals surface area contributed by atoms with Crippen LogP contribution >= 0.6 is 0 Å². The molecule has 26 heavy (non-hydrogen) atoms. The van der Waals surface area contributed by atoms with Gasteiger partial charge in [-0.05, 0) is 18.9 Å². The molecule has 0 bridgehead atoms. The summed E-state index contributed by atoms with van der Waals surface area (Å²) in [6, 6.07) is 7.70. The van der Waals surface area contributed by atoms with Gasteiger partial charge in [-0.2, -0.15) is 13.2 Å². The van der Waals surface area contributed by atoms with Crippen molar-refractivity contribution in [3.8, 4) is 0 Å². The normalized spacial score (nSPS) is 17.7. The smallest absolute Gasteiger partial charge is 0.338 e. The maximum Gasteiger partial charge on any atom is 0.406 e. The number of hydrogen-bond donors (Lipinski definition) is 0. The third-order valence-corrected chi connectivity index (χ3v) is 4.52. The first kappa shape index (κ1) is 20.3. The van der Waals surface area contributed by atoms with E-state index in [1.54, 1.807) is 4.90 Å². The second-order valence-electron chi connectivity index (χ2n) is 6.89. The van der Waals surface area contributed by atoms with E-state index in [1.807, 2.05) is 38.1 Å². The van der Waals surface area contributed by atoms with E-state index in [4.69, 9.17) is 0 Å². The summed E-state index contributed by atoms with van der Waals surface area (Å²) in [7, 11) is 0. The molecule has 1 aromatic rings. The molecular formula is C19H25F3N2O2. The zero-order valence-corrected chi connectivity index (χ0v) is 15.2. The fraction of sp³-hybridized carbons (Fsp3) is 0.579. The number of carbonyl (C=O) groups excluding carboxylic acids is 2. The van der Waals surface area contributed by atoms with Gasteiger partial charge in [0.25, 0.3) is 0 Å². The number of unbranched alkanes of at least 4 members (excludes halogenated alkanes) is 1. The molecule has 1 atom stereocenters. The predicted octanol–water partition coefficient (Wildman–Crippen LogP) is 3.53. The highest BCUT2D eigenvalue weighted by molar-refractivity contribution is 5.89. The van der Waals surface area contributed by atoms with E-state index in [0.29, 0.717) is 19.4 Å². The van der Waals surface area contributed by atoms with Crippen molar-refractivity contribution in [3.63, 3.8) is 0 Å². The van der Waals surface area contributed by atoms with Crippen LogP contribution in [0.4, 0.5) is 13.2 Å². The number of aryl methyl sites for hydroxylation is 1. The molecule has 0 saturated carbocycles. The highest BCUT2D eigenvalue weighted by Crippen LogP contribution is 2.25. The van der Waals surface area contributed by atoms with Gasteiger partial charge in [-0.25, -0.2) is 0 Å². The molecule has 1 saturated heterocycles. The van der Waals surface area contributed by atoms with Crippen molar-refractivity contribution in [1.29, 1.82) is 0 Å². The molecule has 0 radical (unpaired) electrons. The summed E-state index contributed by atoms with van der Waals surface area (Å²) < 4.78 is 38.3. The fourth-order valence-electron chi connectivity index (χ4n) is 3.10. The summed E-state index contributed by atoms with van der Waals surface area (Å²) in [5.41, 5.74) is 2.04. The van der Waals surface area contributed by atoms with Crippen LogP contribution in [0.5, 0.6) is 0 Å². The number of hydrogen-bond acceptors (Lipinski definition) is 2. The molecule has 1 aliphatic heterocycles. The Morgan fingerprint density at radius 2 is 1.92 bits per heavy atom. The van der Waals surface area contributed by atoms with E-state index in [9.17, 15) is 22.8 Å². The van der Waals surface area contributed by atoms with E-state index in [-0.39, 0.29) is 25.4 Å². The van der Waals surface area contributed by atoms with E-state index >= 15 is 0 Å². The predicted molar refractivity (Wildman–Crippen MR) is 92.2 cm³/mol. The molecule has 0 spiro atoms. The number of likely N-dealkylation sites (tertiary alicyclic amines) is 1. The minimum atomic E-state index is -4.44. The van der Waals surface area contributed by atoms with Gasteiger partial charge >= 0.3 is 6.18 Å². The molecule has 1 heterocycles. The van der Waals surface area contributed by atoms with Crippen molar-refractivity contribution < 1.29 is 22.8 Å². The number of benzene rings is 1. The Balaban J connectivity index is 2.01. The van der Waals surface area contributed by atoms with Crippen LogP contribution in [0.15, 0.2) is 24.3 Å². The molecule has 1 unspecified atom stereocenters. The zero-order chi connectivity index (χ0) is 19.3. The minimum absolute atomic E-state index is 0.0226. The van der Waals surface area contributed by atoms with Crippen molar-refractivity contribution in [2.45, 2.75) is 45.8 Å². The molecule has 0 N–H and O–H groups in total. The maximum absolute atomic E-state index is 12.8. The first-order chi connectivity index (χ1) is 12.2. The van der Waals surface area contributed by atoms with E-state index in [2.05, 4.69) is 0 Å². The fourth-order valence-corrected chi connectivity index (χ4v) is 3.10. The number of rotatable bonds is 7. The van der Waals surface area contributed by atoms with Crippen molar-refractivity contribution in [2.24, 2.45) is 5.92 Å².